The van der Waals surface area contributed by atoms with E-state index in [0.29, 0.717) is 17.3 Å². The molecule has 0 bridgehead atoms. The van der Waals surface area contributed by atoms with E-state index in [1.54, 1.807) is 19.9 Å². The molecule has 0 unspecified atom stereocenters. The Balaban J connectivity index is 2.10. The summed E-state index contributed by atoms with van der Waals surface area (Å²) in [6, 6.07) is 2.29. The van der Waals surface area contributed by atoms with Crippen molar-refractivity contribution in [1.82, 2.24) is 9.88 Å². The van der Waals surface area contributed by atoms with Gasteiger partial charge in [-0.05, 0) is 49.6 Å². The molecule has 4 nitrogen and oxygen atoms in total. The number of hydrogen-bond acceptors (Lipinski definition) is 2. The third kappa shape index (κ3) is 3.88. The zero-order chi connectivity index (χ0) is 21.7. The van der Waals surface area contributed by atoms with Crippen molar-refractivity contribution in [3.05, 3.63) is 67.6 Å². The predicted octanol–water partition coefficient (Wildman–Crippen LogP) is 4.23. The van der Waals surface area contributed by atoms with Crippen molar-refractivity contribution in [1.29, 1.82) is 0 Å². The molecule has 1 aromatic heterocycles. The summed E-state index contributed by atoms with van der Waals surface area (Å²) in [5.74, 6) is -1.18. The van der Waals surface area contributed by atoms with Gasteiger partial charge in [-0.1, -0.05) is 0 Å². The molecule has 0 fully saturated rings. The third-order valence-corrected chi connectivity index (χ3v) is 4.90. The molecule has 156 valence electrons. The lowest BCUT2D eigenvalue weighted by atomic mass is 9.89. The maximum absolute atomic E-state index is 13.4. The molecule has 0 spiro atoms. The van der Waals surface area contributed by atoms with Crippen LogP contribution in [0, 0.1) is 13.8 Å². The molecule has 1 aliphatic rings. The first-order valence-electron chi connectivity index (χ1n) is 8.59. The number of aromatic amines is 1. The van der Waals surface area contributed by atoms with Crippen LogP contribution in [-0.2, 0) is 25.3 Å². The van der Waals surface area contributed by atoms with Gasteiger partial charge in [0.1, 0.15) is 0 Å². The molecule has 1 N–H and O–H groups in total. The van der Waals surface area contributed by atoms with Gasteiger partial charge in [-0.25, -0.2) is 0 Å². The van der Waals surface area contributed by atoms with Crippen LogP contribution in [0.4, 0.5) is 26.3 Å². The number of hydrogen-bond donors (Lipinski definition) is 1. The second kappa shape index (κ2) is 6.93. The van der Waals surface area contributed by atoms with Gasteiger partial charge in [0.2, 0.25) is 0 Å². The highest BCUT2D eigenvalue weighted by atomic mass is 19.4. The highest BCUT2D eigenvalue weighted by Gasteiger charge is 2.44. The molecule has 0 aliphatic carbocycles. The predicted molar refractivity (Wildman–Crippen MR) is 91.4 cm³/mol. The lowest BCUT2D eigenvalue weighted by molar-refractivity contribution is -0.142. The van der Waals surface area contributed by atoms with E-state index < -0.39 is 52.5 Å². The number of pyridine rings is 1. The van der Waals surface area contributed by atoms with Gasteiger partial charge in [0.25, 0.3) is 11.5 Å². The lowest BCUT2D eigenvalue weighted by Gasteiger charge is -2.32. The van der Waals surface area contributed by atoms with Crippen LogP contribution < -0.4 is 5.56 Å². The molecule has 0 radical (unpaired) electrons. The number of carbonyl (C=O) groups excluding carboxylic acids is 1. The van der Waals surface area contributed by atoms with Gasteiger partial charge < -0.3 is 9.88 Å². The summed E-state index contributed by atoms with van der Waals surface area (Å²) in [5, 5.41) is 0. The fourth-order valence-corrected chi connectivity index (χ4v) is 3.58. The zero-order valence-corrected chi connectivity index (χ0v) is 15.4. The molecule has 29 heavy (non-hydrogen) atoms. The summed E-state index contributed by atoms with van der Waals surface area (Å²) < 4.78 is 80.0. The van der Waals surface area contributed by atoms with Gasteiger partial charge in [-0.2, -0.15) is 26.3 Å². The second-order valence-electron chi connectivity index (χ2n) is 6.93. The van der Waals surface area contributed by atoms with Crippen molar-refractivity contribution in [2.75, 3.05) is 6.54 Å². The number of alkyl halides is 6. The fraction of sp³-hybridized carbons (Fsp3) is 0.368. The summed E-state index contributed by atoms with van der Waals surface area (Å²) in [6.07, 6.45) is -10.3. The number of aryl methyl sites for hydroxylation is 2. The average Bonchev–Trinajstić information content (AvgIpc) is 2.57. The number of benzene rings is 1. The minimum atomic E-state index is -5.00. The molecule has 0 saturated carbocycles. The van der Waals surface area contributed by atoms with Crippen molar-refractivity contribution in [2.24, 2.45) is 0 Å². The van der Waals surface area contributed by atoms with Gasteiger partial charge >= 0.3 is 12.4 Å². The number of nitrogens with zero attached hydrogens (tertiary/aromatic N) is 1. The van der Waals surface area contributed by atoms with Crippen LogP contribution in [0.2, 0.25) is 0 Å². The van der Waals surface area contributed by atoms with E-state index >= 15 is 0 Å². The largest absolute Gasteiger partial charge is 0.417 e. The maximum atomic E-state index is 13.4. The van der Waals surface area contributed by atoms with Crippen LogP contribution in [0.1, 0.15) is 43.9 Å². The maximum Gasteiger partial charge on any atom is 0.417 e. The van der Waals surface area contributed by atoms with Crippen molar-refractivity contribution >= 4 is 5.91 Å². The molecule has 10 heteroatoms. The molecule has 2 aromatic rings. The fourth-order valence-electron chi connectivity index (χ4n) is 3.58. The molecular formula is C19H16F6N2O2. The van der Waals surface area contributed by atoms with Gasteiger partial charge in [-0.3, -0.25) is 9.59 Å². The Kier molecular flexibility index (Phi) is 5.00. The van der Waals surface area contributed by atoms with Crippen LogP contribution in [-0.4, -0.2) is 22.3 Å². The lowest BCUT2D eigenvalue weighted by Crippen LogP contribution is -2.41. The van der Waals surface area contributed by atoms with E-state index in [9.17, 15) is 35.9 Å². The van der Waals surface area contributed by atoms with E-state index in [2.05, 4.69) is 4.98 Å². The number of halogens is 6. The van der Waals surface area contributed by atoms with Crippen molar-refractivity contribution < 1.29 is 31.1 Å². The quantitative estimate of drug-likeness (QED) is 0.743. The van der Waals surface area contributed by atoms with Crippen molar-refractivity contribution in [2.45, 2.75) is 39.2 Å². The van der Waals surface area contributed by atoms with Crippen LogP contribution in [0.5, 0.6) is 0 Å². The summed E-state index contributed by atoms with van der Waals surface area (Å²) in [6.45, 7) is 2.73. The SMILES string of the molecule is Cc1cc(C)c(CN2CCc3c(C(F)(F)F)ccc(C(F)(F)F)c3C2=O)c(=O)[nH]1. The molecule has 3 rings (SSSR count). The van der Waals surface area contributed by atoms with Crippen LogP contribution in [0.25, 0.3) is 0 Å². The number of amides is 1. The number of fused-ring (bicyclic) bond motifs is 1. The zero-order valence-electron chi connectivity index (χ0n) is 15.4. The second-order valence-corrected chi connectivity index (χ2v) is 6.93. The van der Waals surface area contributed by atoms with E-state index in [1.807, 2.05) is 0 Å². The Morgan fingerprint density at radius 1 is 1.00 bits per heavy atom. The molecule has 1 aliphatic heterocycles. The molecule has 0 saturated heterocycles. The average molecular weight is 418 g/mol. The Morgan fingerprint density at radius 2 is 1.59 bits per heavy atom. The Bertz CT molecular complexity index is 1040. The molecular weight excluding hydrogens is 402 g/mol. The Morgan fingerprint density at radius 3 is 2.14 bits per heavy atom. The van der Waals surface area contributed by atoms with Crippen LogP contribution in [0.3, 0.4) is 0 Å². The van der Waals surface area contributed by atoms with Crippen LogP contribution in [0.15, 0.2) is 23.0 Å². The number of aromatic nitrogens is 1. The molecule has 1 amide bonds. The number of H-pyrrole nitrogens is 1. The van der Waals surface area contributed by atoms with Gasteiger partial charge in [0.15, 0.2) is 0 Å². The molecule has 1 aromatic carbocycles. The first-order chi connectivity index (χ1) is 13.3. The van der Waals surface area contributed by atoms with Gasteiger partial charge in [0.05, 0.1) is 23.2 Å². The van der Waals surface area contributed by atoms with E-state index in [1.165, 1.54) is 0 Å². The monoisotopic (exact) mass is 418 g/mol. The van der Waals surface area contributed by atoms with Crippen LogP contribution >= 0.6 is 0 Å². The minimum Gasteiger partial charge on any atom is -0.334 e. The smallest absolute Gasteiger partial charge is 0.334 e. The molecule has 0 atom stereocenters. The highest BCUT2D eigenvalue weighted by Crippen LogP contribution is 2.41. The summed E-state index contributed by atoms with van der Waals surface area (Å²) >= 11 is 0. The van der Waals surface area contributed by atoms with E-state index in [-0.39, 0.29) is 24.7 Å². The number of nitrogens with one attached hydrogen (secondary N) is 1. The molecule has 2 heterocycles. The number of rotatable bonds is 2. The topological polar surface area (TPSA) is 53.2 Å². The number of carbonyl (C=O) groups is 1. The first kappa shape index (κ1) is 20.9. The normalized spacial score (nSPS) is 14.9. The van der Waals surface area contributed by atoms with E-state index in [0.717, 1.165) is 4.90 Å². The Hall–Kier alpha value is -2.78. The highest BCUT2D eigenvalue weighted by molar-refractivity contribution is 5.99. The summed E-state index contributed by atoms with van der Waals surface area (Å²) in [7, 11) is 0. The van der Waals surface area contributed by atoms with Crippen molar-refractivity contribution in [3.63, 3.8) is 0 Å². The first-order valence-corrected chi connectivity index (χ1v) is 8.59. The third-order valence-electron chi connectivity index (χ3n) is 4.90. The van der Waals surface area contributed by atoms with Gasteiger partial charge in [-0.15, -0.1) is 0 Å². The Labute approximate surface area is 161 Å². The van der Waals surface area contributed by atoms with E-state index in [4.69, 9.17) is 0 Å². The minimum absolute atomic E-state index is 0.174. The standard InChI is InChI=1S/C19H16F6N2O2/c1-9-7-10(2)26-16(28)12(9)8-27-6-5-11-13(18(20,21)22)3-4-14(19(23,24)25)15(11)17(27)29/h3-4,7H,5-6,8H2,1-2H3,(H,26,28). The summed E-state index contributed by atoms with van der Waals surface area (Å²) in [5.41, 5.74) is -3.55. The van der Waals surface area contributed by atoms with Crippen molar-refractivity contribution in [3.8, 4) is 0 Å². The van der Waals surface area contributed by atoms with Gasteiger partial charge in [0, 0.05) is 17.8 Å². The summed E-state index contributed by atoms with van der Waals surface area (Å²) in [4.78, 5) is 28.5.